The first kappa shape index (κ1) is 22.3. The maximum Gasteiger partial charge on any atom is 0.336 e. The highest BCUT2D eigenvalue weighted by Crippen LogP contribution is 2.33. The van der Waals surface area contributed by atoms with Gasteiger partial charge in [-0.15, -0.1) is 0 Å². The van der Waals surface area contributed by atoms with E-state index in [2.05, 4.69) is 18.7 Å². The van der Waals surface area contributed by atoms with Crippen molar-refractivity contribution in [3.05, 3.63) is 94.7 Å². The molecule has 3 aromatic rings. The number of aromatic nitrogens is 1. The van der Waals surface area contributed by atoms with Gasteiger partial charge in [-0.05, 0) is 55.8 Å². The lowest BCUT2D eigenvalue weighted by atomic mass is 10.0. The molecular formula is C29H24N2O4. The molecule has 2 aliphatic rings. The number of nitrogens with zero attached hydrogens (tertiary/aromatic N) is 2. The minimum absolute atomic E-state index is 0.181. The van der Waals surface area contributed by atoms with Crippen molar-refractivity contribution in [3.63, 3.8) is 0 Å². The number of benzene rings is 4. The van der Waals surface area contributed by atoms with E-state index in [1.54, 1.807) is 24.3 Å². The van der Waals surface area contributed by atoms with Crippen molar-refractivity contribution in [2.24, 2.45) is 0 Å². The zero-order chi connectivity index (χ0) is 24.4. The van der Waals surface area contributed by atoms with Gasteiger partial charge in [0.1, 0.15) is 17.0 Å². The highest BCUT2D eigenvalue weighted by atomic mass is 16.5. The summed E-state index contributed by atoms with van der Waals surface area (Å²) in [5, 5.41) is 1.06. The molecule has 6 heteroatoms. The fourth-order valence-electron chi connectivity index (χ4n) is 4.17. The summed E-state index contributed by atoms with van der Waals surface area (Å²) < 4.78 is 11.6. The monoisotopic (exact) mass is 464 g/mol. The smallest absolute Gasteiger partial charge is 0.336 e. The normalized spacial score (nSPS) is 11.5. The highest BCUT2D eigenvalue weighted by molar-refractivity contribution is 5.98. The number of ether oxygens (including phenoxy) is 1. The van der Waals surface area contributed by atoms with Crippen molar-refractivity contribution in [1.82, 2.24) is 4.98 Å². The number of anilines is 1. The van der Waals surface area contributed by atoms with Crippen LogP contribution in [-0.2, 0) is 4.79 Å². The largest absolute Gasteiger partial charge is 0.453 e. The average molecular weight is 465 g/mol. The standard InChI is InChI=1S/C29H24N2O4/c1-3-31(4-2)20-11-14-24-26(16-20)35-27-18-25(32)22-13-12-21(17-23(22)29(27)30-24)34-28(33)15-10-19-8-6-5-7-9-19/h5-18H,3-4H2,1-2H3/b15-10+. The van der Waals surface area contributed by atoms with Crippen LogP contribution in [0.5, 0.6) is 5.75 Å². The molecular weight excluding hydrogens is 440 g/mol. The first-order chi connectivity index (χ1) is 17.1. The third-order valence-corrected chi connectivity index (χ3v) is 5.96. The molecule has 0 saturated heterocycles. The molecule has 0 saturated carbocycles. The van der Waals surface area contributed by atoms with Crippen LogP contribution in [0, 0.1) is 0 Å². The number of esters is 1. The van der Waals surface area contributed by atoms with Crippen LogP contribution in [-0.4, -0.2) is 24.0 Å². The Labute approximate surface area is 202 Å². The molecule has 1 aliphatic heterocycles. The van der Waals surface area contributed by atoms with Gasteiger partial charge in [-0.2, -0.15) is 0 Å². The quantitative estimate of drug-likeness (QED) is 0.102. The van der Waals surface area contributed by atoms with Gasteiger partial charge in [-0.3, -0.25) is 4.79 Å². The van der Waals surface area contributed by atoms with Crippen molar-refractivity contribution in [2.45, 2.75) is 13.8 Å². The Morgan fingerprint density at radius 1 is 0.971 bits per heavy atom. The third kappa shape index (κ3) is 4.51. The second-order valence-electron chi connectivity index (χ2n) is 8.13. The number of fused-ring (bicyclic) bond motifs is 4. The topological polar surface area (TPSA) is 72.6 Å². The van der Waals surface area contributed by atoms with Gasteiger partial charge in [0.05, 0.1) is 0 Å². The number of carbonyl (C=O) groups is 1. The van der Waals surface area contributed by atoms with Gasteiger partial charge in [0.2, 0.25) is 0 Å². The second-order valence-corrected chi connectivity index (χ2v) is 8.13. The molecule has 1 heterocycles. The Bertz CT molecular complexity index is 1580. The second kappa shape index (κ2) is 9.43. The van der Waals surface area contributed by atoms with Crippen molar-refractivity contribution in [2.75, 3.05) is 18.0 Å². The van der Waals surface area contributed by atoms with E-state index in [0.29, 0.717) is 39.1 Å². The average Bonchev–Trinajstić information content (AvgIpc) is 2.88. The molecule has 6 nitrogen and oxygen atoms in total. The fraction of sp³-hybridized carbons (Fsp3) is 0.138. The van der Waals surface area contributed by atoms with Gasteiger partial charge in [0, 0.05) is 47.8 Å². The van der Waals surface area contributed by atoms with Gasteiger partial charge >= 0.3 is 5.97 Å². The van der Waals surface area contributed by atoms with E-state index in [9.17, 15) is 9.59 Å². The molecule has 0 amide bonds. The summed E-state index contributed by atoms with van der Waals surface area (Å²) in [4.78, 5) is 32.1. The SMILES string of the molecule is CCN(CC)c1ccc2nc3c4cc(OC(=O)/C=C/c5ccccc5)ccc4c(=O)cc-3oc2c1. The molecule has 0 aromatic heterocycles. The summed E-state index contributed by atoms with van der Waals surface area (Å²) in [6, 6.07) is 21.7. The van der Waals surface area contributed by atoms with Gasteiger partial charge in [0.25, 0.3) is 0 Å². The molecule has 0 unspecified atom stereocenters. The third-order valence-electron chi connectivity index (χ3n) is 5.96. The summed E-state index contributed by atoms with van der Waals surface area (Å²) in [5.74, 6) is 0.202. The van der Waals surface area contributed by atoms with E-state index in [1.807, 2.05) is 48.5 Å². The van der Waals surface area contributed by atoms with Crippen LogP contribution in [0.4, 0.5) is 5.69 Å². The summed E-state index contributed by atoms with van der Waals surface area (Å²) in [5.41, 5.74) is 3.58. The summed E-state index contributed by atoms with van der Waals surface area (Å²) in [6.07, 6.45) is 3.06. The molecule has 0 N–H and O–H groups in total. The van der Waals surface area contributed by atoms with E-state index in [-0.39, 0.29) is 5.43 Å². The zero-order valence-electron chi connectivity index (χ0n) is 19.5. The molecule has 0 bridgehead atoms. The molecule has 35 heavy (non-hydrogen) atoms. The van der Waals surface area contributed by atoms with Gasteiger partial charge < -0.3 is 14.1 Å². The lowest BCUT2D eigenvalue weighted by Gasteiger charge is -2.21. The summed E-state index contributed by atoms with van der Waals surface area (Å²) >= 11 is 0. The molecule has 0 spiro atoms. The van der Waals surface area contributed by atoms with Crippen LogP contribution >= 0.6 is 0 Å². The summed E-state index contributed by atoms with van der Waals surface area (Å²) in [7, 11) is 0. The minimum Gasteiger partial charge on any atom is -0.453 e. The number of hydrogen-bond acceptors (Lipinski definition) is 6. The van der Waals surface area contributed by atoms with Gasteiger partial charge in [-0.25, -0.2) is 9.78 Å². The maximum atomic E-state index is 12.8. The van der Waals surface area contributed by atoms with E-state index < -0.39 is 5.97 Å². The molecule has 0 radical (unpaired) electrons. The van der Waals surface area contributed by atoms with E-state index >= 15 is 0 Å². The molecule has 5 rings (SSSR count). The zero-order valence-corrected chi connectivity index (χ0v) is 19.5. The number of hydrogen-bond donors (Lipinski definition) is 0. The van der Waals surface area contributed by atoms with Crippen LogP contribution in [0.2, 0.25) is 0 Å². The number of rotatable bonds is 6. The lowest BCUT2D eigenvalue weighted by Crippen LogP contribution is -2.21. The van der Waals surface area contributed by atoms with Gasteiger partial charge in [0.15, 0.2) is 16.8 Å². The minimum atomic E-state index is -0.511. The highest BCUT2D eigenvalue weighted by Gasteiger charge is 2.17. The Balaban J connectivity index is 1.53. The Morgan fingerprint density at radius 2 is 1.77 bits per heavy atom. The van der Waals surface area contributed by atoms with Gasteiger partial charge in [-0.1, -0.05) is 30.3 Å². The summed E-state index contributed by atoms with van der Waals surface area (Å²) in [6.45, 7) is 5.95. The van der Waals surface area contributed by atoms with Crippen LogP contribution in [0.1, 0.15) is 19.4 Å². The predicted molar refractivity (Wildman–Crippen MR) is 139 cm³/mol. The Hall–Kier alpha value is -4.45. The Morgan fingerprint density at radius 3 is 2.54 bits per heavy atom. The molecule has 3 aromatic carbocycles. The van der Waals surface area contributed by atoms with E-state index in [0.717, 1.165) is 24.3 Å². The van der Waals surface area contributed by atoms with Crippen molar-refractivity contribution < 1.29 is 13.9 Å². The van der Waals surface area contributed by atoms with Crippen LogP contribution in [0.15, 0.2) is 88.1 Å². The molecule has 1 aliphatic carbocycles. The predicted octanol–water partition coefficient (Wildman–Crippen LogP) is 5.91. The Kier molecular flexibility index (Phi) is 6.02. The van der Waals surface area contributed by atoms with Crippen LogP contribution in [0.25, 0.3) is 39.4 Å². The van der Waals surface area contributed by atoms with Crippen molar-refractivity contribution in [1.29, 1.82) is 0 Å². The molecule has 0 atom stereocenters. The maximum absolute atomic E-state index is 12.8. The van der Waals surface area contributed by atoms with Crippen molar-refractivity contribution in [3.8, 4) is 17.2 Å². The fourth-order valence-corrected chi connectivity index (χ4v) is 4.17. The van der Waals surface area contributed by atoms with E-state index in [4.69, 9.17) is 14.1 Å². The first-order valence-corrected chi connectivity index (χ1v) is 11.6. The lowest BCUT2D eigenvalue weighted by molar-refractivity contribution is -0.128. The van der Waals surface area contributed by atoms with Crippen LogP contribution in [0.3, 0.4) is 0 Å². The molecule has 174 valence electrons. The van der Waals surface area contributed by atoms with Crippen LogP contribution < -0.4 is 15.1 Å². The first-order valence-electron chi connectivity index (χ1n) is 11.6. The van der Waals surface area contributed by atoms with Crippen molar-refractivity contribution >= 4 is 39.6 Å². The van der Waals surface area contributed by atoms with E-state index in [1.165, 1.54) is 12.1 Å². The molecule has 0 fully saturated rings. The number of carbonyl (C=O) groups excluding carboxylic acids is 1.